The van der Waals surface area contributed by atoms with Gasteiger partial charge in [-0.3, -0.25) is 19.6 Å². The molecule has 9 aliphatic rings. The first-order valence-corrected chi connectivity index (χ1v) is 25.7. The molecule has 61 heavy (non-hydrogen) atoms. The first kappa shape index (κ1) is 44.8. The number of amides is 1. The molecule has 4 saturated heterocycles. The molecular weight excluding hydrogens is 787 g/mol. The van der Waals surface area contributed by atoms with Gasteiger partial charge in [-0.05, 0) is 140 Å². The van der Waals surface area contributed by atoms with Gasteiger partial charge in [-0.15, -0.1) is 11.8 Å². The number of nitrogens with zero attached hydrogens (tertiary/aromatic N) is 4. The van der Waals surface area contributed by atoms with E-state index in [1.165, 1.54) is 63.6 Å². The van der Waals surface area contributed by atoms with E-state index in [0.29, 0.717) is 40.0 Å². The van der Waals surface area contributed by atoms with Gasteiger partial charge in [0.25, 0.3) is 0 Å². The smallest absolute Gasteiger partial charge is 0.238 e. The van der Waals surface area contributed by atoms with E-state index >= 15 is 0 Å². The van der Waals surface area contributed by atoms with Crippen molar-refractivity contribution in [2.24, 2.45) is 45.9 Å². The number of nitrogens with one attached hydrogen (secondary N) is 5. The van der Waals surface area contributed by atoms with Crippen molar-refractivity contribution < 1.29 is 19.0 Å². The Morgan fingerprint density at radius 1 is 0.836 bits per heavy atom. The Balaban J connectivity index is 0.705. The molecule has 5 N–H and O–H groups in total. The number of aliphatic imine (C=N–C) groups is 1. The van der Waals surface area contributed by atoms with E-state index in [2.05, 4.69) is 82.3 Å². The lowest BCUT2D eigenvalue weighted by Crippen LogP contribution is -2.62. The fraction of sp³-hybridized carbons (Fsp3) is 0.936. The van der Waals surface area contributed by atoms with Crippen LogP contribution < -0.4 is 27.0 Å². The number of rotatable bonds is 9. The third-order valence-electron chi connectivity index (χ3n) is 17.9. The van der Waals surface area contributed by atoms with Crippen molar-refractivity contribution in [1.29, 1.82) is 5.26 Å². The van der Waals surface area contributed by atoms with Crippen LogP contribution in [0.4, 0.5) is 0 Å². The van der Waals surface area contributed by atoms with Gasteiger partial charge in [0.05, 0.1) is 66.3 Å². The number of ether oxygens (including phenoxy) is 3. The van der Waals surface area contributed by atoms with E-state index in [0.717, 1.165) is 76.2 Å². The predicted octanol–water partition coefficient (Wildman–Crippen LogP) is 5.67. The summed E-state index contributed by atoms with van der Waals surface area (Å²) < 4.78 is 18.5. The van der Waals surface area contributed by atoms with Crippen LogP contribution >= 0.6 is 11.8 Å². The van der Waals surface area contributed by atoms with Crippen molar-refractivity contribution in [3.05, 3.63) is 0 Å². The minimum atomic E-state index is -0.191. The number of hydrogen-bond acceptors (Lipinski definition) is 13. The van der Waals surface area contributed by atoms with Crippen molar-refractivity contribution in [3.8, 4) is 6.07 Å². The summed E-state index contributed by atoms with van der Waals surface area (Å²) in [6.07, 6.45) is 20.1. The monoisotopic (exact) mass is 866 g/mol. The summed E-state index contributed by atoms with van der Waals surface area (Å²) in [5, 5.41) is 13.9. The molecule has 9 rings (SSSR count). The van der Waals surface area contributed by atoms with Gasteiger partial charge in [0, 0.05) is 62.6 Å². The highest BCUT2D eigenvalue weighted by Crippen LogP contribution is 2.53. The van der Waals surface area contributed by atoms with Crippen LogP contribution in [0.5, 0.6) is 0 Å². The third-order valence-corrected chi connectivity index (χ3v) is 19.6. The van der Waals surface area contributed by atoms with E-state index in [9.17, 15) is 10.1 Å². The minimum absolute atomic E-state index is 0.0259. The quantitative estimate of drug-likeness (QED) is 0.195. The molecule has 15 atom stereocenters. The molecule has 4 saturated carbocycles. The molecule has 13 nitrogen and oxygen atoms in total. The summed E-state index contributed by atoms with van der Waals surface area (Å²) in [5.74, 6) is 3.15. The summed E-state index contributed by atoms with van der Waals surface area (Å²) in [6.45, 7) is 11.8. The molecule has 342 valence electrons. The van der Waals surface area contributed by atoms with Crippen LogP contribution in [0.2, 0.25) is 0 Å². The molecule has 14 heteroatoms. The molecule has 1 amide bonds. The Hall–Kier alpha value is -1.38. The van der Waals surface area contributed by atoms with Gasteiger partial charge in [0.2, 0.25) is 5.91 Å². The van der Waals surface area contributed by atoms with Crippen molar-refractivity contribution in [2.45, 2.75) is 209 Å². The normalized spacial score (nSPS) is 48.5. The van der Waals surface area contributed by atoms with Gasteiger partial charge in [0.1, 0.15) is 6.04 Å². The molecule has 5 aliphatic heterocycles. The molecule has 0 aromatic heterocycles. The van der Waals surface area contributed by atoms with E-state index < -0.39 is 0 Å². The molecule has 8 fully saturated rings. The van der Waals surface area contributed by atoms with Gasteiger partial charge in [-0.1, -0.05) is 13.8 Å². The zero-order valence-electron chi connectivity index (χ0n) is 38.2. The van der Waals surface area contributed by atoms with Crippen LogP contribution in [0.3, 0.4) is 0 Å². The van der Waals surface area contributed by atoms with Crippen LogP contribution in [0.15, 0.2) is 4.99 Å². The standard InChI is InChI=1S/C47H79N9O4S/c1-27-29(3)61-46-42(27)43(49-28(2)44-54-51-30(4)56(44)46)37-14-8-32(23-40(37)59-6)31-17-19-47(20-18-31)21-22-55(26-47)41-16-15-38(52-53-41)45(57)50-34-9-12-35(13-10-34)60-36-11-7-33(25-48)39(24-36)58-5/h27-42,44,46,51-54H,7-24,26H2,1-6H3,(H,50,57)/t27?,28-,29?,30?,31?,32?,33?,34?,35?,36?,37?,38?,39?,40?,41?,42?,44?,46?,47?/m0/s1. The maximum atomic E-state index is 13.4. The van der Waals surface area contributed by atoms with Crippen molar-refractivity contribution >= 4 is 23.4 Å². The van der Waals surface area contributed by atoms with Gasteiger partial charge in [-0.2, -0.15) is 5.26 Å². The Kier molecular flexibility index (Phi) is 14.1. The maximum absolute atomic E-state index is 13.4. The number of thioether (sulfide) groups is 1. The van der Waals surface area contributed by atoms with Crippen LogP contribution in [-0.2, 0) is 19.0 Å². The fourth-order valence-electron chi connectivity index (χ4n) is 14.0. The number of methoxy groups -OCH3 is 2. The summed E-state index contributed by atoms with van der Waals surface area (Å²) >= 11 is 2.17. The van der Waals surface area contributed by atoms with Crippen LogP contribution in [-0.4, -0.2) is 120 Å². The number of hydrogen-bond donors (Lipinski definition) is 5. The first-order valence-electron chi connectivity index (χ1n) is 24.7. The highest BCUT2D eigenvalue weighted by Gasteiger charge is 2.55. The van der Waals surface area contributed by atoms with E-state index in [1.807, 2.05) is 7.11 Å². The summed E-state index contributed by atoms with van der Waals surface area (Å²) in [7, 11) is 3.67. The van der Waals surface area contributed by atoms with E-state index in [4.69, 9.17) is 19.2 Å². The average molecular weight is 866 g/mol. The molecule has 0 bridgehead atoms. The number of hydrazine groups is 2. The summed E-state index contributed by atoms with van der Waals surface area (Å²) in [6, 6.07) is 2.62. The predicted molar refractivity (Wildman–Crippen MR) is 240 cm³/mol. The zero-order chi connectivity index (χ0) is 42.4. The summed E-state index contributed by atoms with van der Waals surface area (Å²) in [5.41, 5.74) is 16.1. The van der Waals surface area contributed by atoms with Crippen LogP contribution in [0.25, 0.3) is 0 Å². The number of carbonyl (C=O) groups excluding carboxylic acids is 1. The minimum Gasteiger partial charge on any atom is -0.381 e. The average Bonchev–Trinajstić information content (AvgIpc) is 3.95. The zero-order valence-corrected chi connectivity index (χ0v) is 39.0. The summed E-state index contributed by atoms with van der Waals surface area (Å²) in [4.78, 5) is 24.4. The molecule has 0 aromatic rings. The molecule has 0 radical (unpaired) electrons. The number of likely N-dealkylation sites (tertiary alicyclic amines) is 1. The lowest BCUT2D eigenvalue weighted by molar-refractivity contribution is -0.126. The number of fused-ring (bicyclic) bond motifs is 3. The topological polar surface area (TPSA) is 148 Å². The van der Waals surface area contributed by atoms with Crippen molar-refractivity contribution in [2.75, 3.05) is 27.3 Å². The second-order valence-electron chi connectivity index (χ2n) is 21.3. The lowest BCUT2D eigenvalue weighted by Gasteiger charge is -2.45. The SMILES string of the molecule is COC1CC(OC2CCC(NC(=O)C3CCC(N4CCC5(CCC(C6CCC(C7=N[C@@H](C)C8NNC(C)N8C8SC(C)C(C)C78)C(OC)C6)CC5)C4)NN3)CC2)CCC1C#N. The molecular formula is C47H79N9O4S. The third kappa shape index (κ3) is 9.24. The first-order chi connectivity index (χ1) is 29.6. The fourth-order valence-corrected chi connectivity index (χ4v) is 15.8. The molecule has 4 aliphatic carbocycles. The molecule has 1 spiro atoms. The van der Waals surface area contributed by atoms with Crippen LogP contribution in [0.1, 0.15) is 137 Å². The Morgan fingerprint density at radius 3 is 2.33 bits per heavy atom. The molecule has 0 aromatic carbocycles. The molecule has 5 heterocycles. The Bertz CT molecular complexity index is 1580. The maximum Gasteiger partial charge on any atom is 0.238 e. The van der Waals surface area contributed by atoms with Gasteiger partial charge in [0.15, 0.2) is 0 Å². The number of carbonyl (C=O) groups is 1. The largest absolute Gasteiger partial charge is 0.381 e. The van der Waals surface area contributed by atoms with E-state index in [-0.39, 0.29) is 66.7 Å². The molecule has 14 unspecified atom stereocenters. The second-order valence-corrected chi connectivity index (χ2v) is 22.8. The van der Waals surface area contributed by atoms with Crippen molar-refractivity contribution in [3.63, 3.8) is 0 Å². The van der Waals surface area contributed by atoms with Gasteiger partial charge in [-0.25, -0.2) is 21.7 Å². The van der Waals surface area contributed by atoms with E-state index in [1.54, 1.807) is 7.11 Å². The Labute approximate surface area is 371 Å². The highest BCUT2D eigenvalue weighted by atomic mass is 32.2. The van der Waals surface area contributed by atoms with Gasteiger partial charge >= 0.3 is 0 Å². The van der Waals surface area contributed by atoms with Crippen molar-refractivity contribution in [1.82, 2.24) is 36.8 Å². The highest BCUT2D eigenvalue weighted by molar-refractivity contribution is 8.00. The number of nitriles is 1. The Morgan fingerprint density at radius 2 is 1.61 bits per heavy atom. The van der Waals surface area contributed by atoms with Crippen LogP contribution in [0, 0.1) is 52.3 Å². The van der Waals surface area contributed by atoms with Gasteiger partial charge < -0.3 is 19.5 Å². The second kappa shape index (κ2) is 19.2. The lowest BCUT2D eigenvalue weighted by atomic mass is 9.62.